The molecular weight excluding hydrogens is 409 g/mol. The molecule has 0 saturated carbocycles. The molecule has 3 rings (SSSR count). The van der Waals surface area contributed by atoms with Crippen molar-refractivity contribution in [3.63, 3.8) is 0 Å². The molecule has 0 aliphatic carbocycles. The van der Waals surface area contributed by atoms with Crippen LogP contribution in [0, 0.1) is 18.7 Å². The van der Waals surface area contributed by atoms with Crippen LogP contribution in [0.5, 0.6) is 5.75 Å². The van der Waals surface area contributed by atoms with Gasteiger partial charge in [-0.15, -0.1) is 0 Å². The zero-order valence-corrected chi connectivity index (χ0v) is 19.3. The van der Waals surface area contributed by atoms with Crippen molar-refractivity contribution >= 4 is 6.41 Å². The number of hydrogen-bond acceptors (Lipinski definition) is 4. The van der Waals surface area contributed by atoms with Gasteiger partial charge in [0, 0.05) is 38.3 Å². The molecule has 1 aliphatic heterocycles. The highest BCUT2D eigenvalue weighted by Crippen LogP contribution is 2.44. The second-order valence-electron chi connectivity index (χ2n) is 8.71. The normalized spacial score (nSPS) is 18.3. The Morgan fingerprint density at radius 3 is 2.78 bits per heavy atom. The Balaban J connectivity index is 2.11. The largest absolute Gasteiger partial charge is 0.497 e. The Morgan fingerprint density at radius 2 is 2.06 bits per heavy atom. The molecule has 1 N–H and O–H groups in total. The third-order valence-corrected chi connectivity index (χ3v) is 6.49. The molecule has 0 spiro atoms. The quantitative estimate of drug-likeness (QED) is 0.428. The van der Waals surface area contributed by atoms with Crippen molar-refractivity contribution in [2.24, 2.45) is 5.92 Å². The van der Waals surface area contributed by atoms with Crippen LogP contribution in [-0.4, -0.2) is 50.3 Å². The number of carbonyl (C=O) groups is 1. The van der Waals surface area contributed by atoms with Crippen LogP contribution >= 0.6 is 0 Å². The number of amides is 1. The monoisotopic (exact) mass is 443 g/mol. The van der Waals surface area contributed by atoms with Crippen LogP contribution < -0.4 is 4.74 Å². The summed E-state index contributed by atoms with van der Waals surface area (Å²) >= 11 is 0. The van der Waals surface area contributed by atoms with E-state index in [-0.39, 0.29) is 11.7 Å². The van der Waals surface area contributed by atoms with Gasteiger partial charge < -0.3 is 19.5 Å². The SMILES string of the molecule is COCCCCC(O)(c1cccc(F)c1-c1cc(C)cc(OC)c1)C1CCCN(C=O)C1. The highest BCUT2D eigenvalue weighted by atomic mass is 19.1. The molecule has 1 aliphatic rings. The van der Waals surface area contributed by atoms with Crippen LogP contribution in [0.1, 0.15) is 43.2 Å². The number of unbranched alkanes of at least 4 members (excludes halogenated alkanes) is 1. The topological polar surface area (TPSA) is 59.0 Å². The fourth-order valence-corrected chi connectivity index (χ4v) is 4.88. The first-order valence-electron chi connectivity index (χ1n) is 11.3. The number of rotatable bonds is 10. The maximum absolute atomic E-state index is 15.3. The molecule has 0 bridgehead atoms. The highest BCUT2D eigenvalue weighted by molar-refractivity contribution is 5.71. The summed E-state index contributed by atoms with van der Waals surface area (Å²) in [7, 11) is 3.24. The van der Waals surface area contributed by atoms with Crippen molar-refractivity contribution < 1.29 is 23.8 Å². The highest BCUT2D eigenvalue weighted by Gasteiger charge is 2.42. The third kappa shape index (κ3) is 5.30. The molecule has 2 aromatic rings. The zero-order valence-electron chi connectivity index (χ0n) is 19.3. The van der Waals surface area contributed by atoms with Gasteiger partial charge in [0.1, 0.15) is 11.6 Å². The lowest BCUT2D eigenvalue weighted by atomic mass is 9.72. The predicted octanol–water partition coefficient (Wildman–Crippen LogP) is 4.68. The Morgan fingerprint density at radius 1 is 1.25 bits per heavy atom. The lowest BCUT2D eigenvalue weighted by molar-refractivity contribution is -0.123. The van der Waals surface area contributed by atoms with Gasteiger partial charge in [-0.05, 0) is 73.9 Å². The molecule has 1 saturated heterocycles. The van der Waals surface area contributed by atoms with Crippen LogP contribution in [0.2, 0.25) is 0 Å². The van der Waals surface area contributed by atoms with Gasteiger partial charge in [-0.2, -0.15) is 0 Å². The maximum atomic E-state index is 15.3. The van der Waals surface area contributed by atoms with Crippen LogP contribution in [0.4, 0.5) is 4.39 Å². The van der Waals surface area contributed by atoms with Crippen molar-refractivity contribution in [3.05, 3.63) is 53.3 Å². The summed E-state index contributed by atoms with van der Waals surface area (Å²) in [6.45, 7) is 3.68. The van der Waals surface area contributed by atoms with E-state index in [1.54, 1.807) is 31.3 Å². The van der Waals surface area contributed by atoms with Gasteiger partial charge in [-0.1, -0.05) is 18.2 Å². The third-order valence-electron chi connectivity index (χ3n) is 6.49. The Kier molecular flexibility index (Phi) is 8.26. The molecule has 6 heteroatoms. The minimum Gasteiger partial charge on any atom is -0.497 e. The summed E-state index contributed by atoms with van der Waals surface area (Å²) in [4.78, 5) is 13.2. The van der Waals surface area contributed by atoms with Crippen LogP contribution in [0.3, 0.4) is 0 Å². The molecule has 2 unspecified atom stereocenters. The molecule has 32 heavy (non-hydrogen) atoms. The van der Waals surface area contributed by atoms with Crippen molar-refractivity contribution in [2.45, 2.75) is 44.6 Å². The standard InChI is InChI=1S/C26H34FNO4/c1-19-14-20(16-22(15-19)32-3)25-23(9-6-10-24(25)27)26(30,11-4-5-13-31-2)21-8-7-12-28(17-21)18-29/h6,9-10,14-16,18,21,30H,4-5,7-8,11-13,17H2,1-3H3. The molecule has 174 valence electrons. The second kappa shape index (κ2) is 10.9. The van der Waals surface area contributed by atoms with Gasteiger partial charge in [0.05, 0.1) is 12.7 Å². The van der Waals surface area contributed by atoms with Crippen molar-refractivity contribution in [1.29, 1.82) is 0 Å². The Hall–Kier alpha value is -2.44. The van der Waals surface area contributed by atoms with E-state index in [0.717, 1.165) is 37.7 Å². The summed E-state index contributed by atoms with van der Waals surface area (Å²) in [5.41, 5.74) is 1.31. The van der Waals surface area contributed by atoms with Gasteiger partial charge in [0.2, 0.25) is 6.41 Å². The molecule has 0 radical (unpaired) electrons. The van der Waals surface area contributed by atoms with Crippen molar-refractivity contribution in [1.82, 2.24) is 4.90 Å². The number of methoxy groups -OCH3 is 2. The number of halogens is 1. The van der Waals surface area contributed by atoms with E-state index in [1.807, 2.05) is 25.1 Å². The number of hydrogen-bond donors (Lipinski definition) is 1. The predicted molar refractivity (Wildman–Crippen MR) is 123 cm³/mol. The fourth-order valence-electron chi connectivity index (χ4n) is 4.88. The van der Waals surface area contributed by atoms with Gasteiger partial charge in [-0.3, -0.25) is 4.79 Å². The van der Waals surface area contributed by atoms with E-state index in [9.17, 15) is 9.90 Å². The van der Waals surface area contributed by atoms with E-state index in [4.69, 9.17) is 9.47 Å². The molecule has 2 aromatic carbocycles. The van der Waals surface area contributed by atoms with Gasteiger partial charge in [0.25, 0.3) is 0 Å². The van der Waals surface area contributed by atoms with Crippen LogP contribution in [0.15, 0.2) is 36.4 Å². The number of likely N-dealkylation sites (tertiary alicyclic amines) is 1. The molecule has 1 heterocycles. The van der Waals surface area contributed by atoms with Crippen molar-refractivity contribution in [2.75, 3.05) is 33.9 Å². The Bertz CT molecular complexity index is 919. The minimum absolute atomic E-state index is 0.184. The van der Waals surface area contributed by atoms with Gasteiger partial charge in [0.15, 0.2) is 0 Å². The first-order chi connectivity index (χ1) is 15.4. The van der Waals surface area contributed by atoms with E-state index in [1.165, 1.54) is 6.07 Å². The van der Waals surface area contributed by atoms with Crippen LogP contribution in [-0.2, 0) is 15.1 Å². The molecule has 0 aromatic heterocycles. The van der Waals surface area contributed by atoms with Crippen LogP contribution in [0.25, 0.3) is 11.1 Å². The average Bonchev–Trinajstić information content (AvgIpc) is 2.81. The number of benzene rings is 2. The summed E-state index contributed by atoms with van der Waals surface area (Å²) in [6, 6.07) is 10.5. The van der Waals surface area contributed by atoms with Crippen molar-refractivity contribution in [3.8, 4) is 16.9 Å². The van der Waals surface area contributed by atoms with E-state index >= 15 is 4.39 Å². The van der Waals surface area contributed by atoms with Gasteiger partial charge in [-0.25, -0.2) is 4.39 Å². The number of aliphatic hydroxyl groups is 1. The molecule has 1 fully saturated rings. The first-order valence-corrected chi connectivity index (χ1v) is 11.3. The number of carbonyl (C=O) groups excluding carboxylic acids is 1. The summed E-state index contributed by atoms with van der Waals surface area (Å²) in [6.07, 6.45) is 4.42. The number of ether oxygens (including phenoxy) is 2. The molecule has 5 nitrogen and oxygen atoms in total. The van der Waals surface area contributed by atoms with E-state index in [0.29, 0.717) is 48.6 Å². The summed E-state index contributed by atoms with van der Waals surface area (Å²) in [5.74, 6) is 0.0763. The van der Waals surface area contributed by atoms with E-state index in [2.05, 4.69) is 0 Å². The lowest BCUT2D eigenvalue weighted by Gasteiger charge is -2.43. The second-order valence-corrected chi connectivity index (χ2v) is 8.71. The molecule has 2 atom stereocenters. The summed E-state index contributed by atoms with van der Waals surface area (Å²) < 4.78 is 25.9. The smallest absolute Gasteiger partial charge is 0.209 e. The Labute approximate surface area is 190 Å². The van der Waals surface area contributed by atoms with E-state index < -0.39 is 5.60 Å². The number of nitrogens with zero attached hydrogens (tertiary/aromatic N) is 1. The molecular formula is C26H34FNO4. The molecule has 1 amide bonds. The number of piperidine rings is 1. The average molecular weight is 444 g/mol. The number of aryl methyl sites for hydroxylation is 1. The summed E-state index contributed by atoms with van der Waals surface area (Å²) in [5, 5.41) is 12.2. The minimum atomic E-state index is -1.27. The maximum Gasteiger partial charge on any atom is 0.209 e. The first kappa shape index (κ1) is 24.2. The zero-order chi connectivity index (χ0) is 23.1. The lowest BCUT2D eigenvalue weighted by Crippen LogP contribution is -2.46. The van der Waals surface area contributed by atoms with Gasteiger partial charge >= 0.3 is 0 Å². The fraction of sp³-hybridized carbons (Fsp3) is 0.500.